The highest BCUT2D eigenvalue weighted by Crippen LogP contribution is 2.19. The quantitative estimate of drug-likeness (QED) is 0.483. The number of urea groups is 1. The first kappa shape index (κ1) is 24.7. The van der Waals surface area contributed by atoms with Crippen molar-refractivity contribution in [2.45, 2.75) is 30.3 Å². The SMILES string of the molecule is COC(=O)CC[C@H](F)Cc1ncccc1S(=O)(=O)NC(=O)Nc1nc(OC)cc(OC)n1. The van der Waals surface area contributed by atoms with Crippen LogP contribution in [0.4, 0.5) is 15.1 Å². The molecule has 0 aliphatic carbocycles. The predicted octanol–water partition coefficient (Wildman–Crippen LogP) is 1.23. The van der Waals surface area contributed by atoms with Crippen molar-refractivity contribution in [1.29, 1.82) is 0 Å². The van der Waals surface area contributed by atoms with Crippen LogP contribution in [0.3, 0.4) is 0 Å². The van der Waals surface area contributed by atoms with Crippen molar-refractivity contribution >= 4 is 28.0 Å². The number of esters is 1. The molecule has 2 heterocycles. The van der Waals surface area contributed by atoms with E-state index in [2.05, 4.69) is 25.0 Å². The average molecular weight is 471 g/mol. The Labute approximate surface area is 183 Å². The van der Waals surface area contributed by atoms with Crippen molar-refractivity contribution in [3.8, 4) is 11.8 Å². The van der Waals surface area contributed by atoms with Crippen LogP contribution in [0.2, 0.25) is 0 Å². The Morgan fingerprint density at radius 1 is 1.16 bits per heavy atom. The molecule has 2 aromatic rings. The normalized spacial score (nSPS) is 11.9. The number of nitrogens with one attached hydrogen (secondary N) is 2. The van der Waals surface area contributed by atoms with Crippen molar-refractivity contribution in [3.05, 3.63) is 30.1 Å². The summed E-state index contributed by atoms with van der Waals surface area (Å²) in [7, 11) is -0.568. The Morgan fingerprint density at radius 2 is 1.81 bits per heavy atom. The first-order valence-electron chi connectivity index (χ1n) is 9.14. The zero-order chi connectivity index (χ0) is 23.7. The molecule has 1 atom stereocenters. The Bertz CT molecular complexity index is 1050. The van der Waals surface area contributed by atoms with Gasteiger partial charge in [0.1, 0.15) is 11.1 Å². The van der Waals surface area contributed by atoms with Crippen LogP contribution < -0.4 is 19.5 Å². The van der Waals surface area contributed by atoms with Gasteiger partial charge in [-0.1, -0.05) is 0 Å². The Balaban J connectivity index is 2.13. The molecule has 0 bridgehead atoms. The van der Waals surface area contributed by atoms with Crippen LogP contribution in [-0.4, -0.2) is 62.9 Å². The summed E-state index contributed by atoms with van der Waals surface area (Å²) in [6.45, 7) is 0. The van der Waals surface area contributed by atoms with Gasteiger partial charge in [-0.25, -0.2) is 22.3 Å². The fraction of sp³-hybridized carbons (Fsp3) is 0.389. The minimum absolute atomic E-state index is 0.0745. The topological polar surface area (TPSA) is 159 Å². The fourth-order valence-electron chi connectivity index (χ4n) is 2.48. The number of methoxy groups -OCH3 is 3. The van der Waals surface area contributed by atoms with Crippen LogP contribution in [0.5, 0.6) is 11.8 Å². The average Bonchev–Trinajstić information content (AvgIpc) is 2.76. The number of rotatable bonds is 10. The molecule has 14 heteroatoms. The van der Waals surface area contributed by atoms with Crippen molar-refractivity contribution in [1.82, 2.24) is 19.7 Å². The summed E-state index contributed by atoms with van der Waals surface area (Å²) in [6.07, 6.45) is -0.989. The molecule has 0 unspecified atom stereocenters. The molecule has 0 saturated carbocycles. The number of sulfonamides is 1. The number of hydrogen-bond donors (Lipinski definition) is 2. The molecule has 2 aromatic heterocycles. The highest BCUT2D eigenvalue weighted by molar-refractivity contribution is 7.90. The van der Waals surface area contributed by atoms with Gasteiger partial charge < -0.3 is 14.2 Å². The van der Waals surface area contributed by atoms with Gasteiger partial charge in [-0.2, -0.15) is 9.97 Å². The van der Waals surface area contributed by atoms with Gasteiger partial charge in [-0.3, -0.25) is 15.1 Å². The second kappa shape index (κ2) is 11.2. The van der Waals surface area contributed by atoms with Crippen molar-refractivity contribution in [2.24, 2.45) is 0 Å². The molecule has 0 radical (unpaired) electrons. The maximum atomic E-state index is 14.3. The Kier molecular flexibility index (Phi) is 8.63. The van der Waals surface area contributed by atoms with Crippen molar-refractivity contribution in [3.63, 3.8) is 0 Å². The third-order valence-electron chi connectivity index (χ3n) is 3.99. The Morgan fingerprint density at radius 3 is 2.41 bits per heavy atom. The number of ether oxygens (including phenoxy) is 3. The van der Waals surface area contributed by atoms with Gasteiger partial charge in [0.2, 0.25) is 17.7 Å². The molecule has 0 aromatic carbocycles. The van der Waals surface area contributed by atoms with Gasteiger partial charge in [0.25, 0.3) is 10.0 Å². The fourth-order valence-corrected chi connectivity index (χ4v) is 3.59. The molecule has 0 aliphatic rings. The van der Waals surface area contributed by atoms with Crippen molar-refractivity contribution in [2.75, 3.05) is 26.6 Å². The maximum absolute atomic E-state index is 14.3. The number of carbonyl (C=O) groups excluding carboxylic acids is 2. The summed E-state index contributed by atoms with van der Waals surface area (Å²) in [4.78, 5) is 34.6. The second-order valence-corrected chi connectivity index (χ2v) is 7.85. The number of anilines is 1. The molecule has 0 saturated heterocycles. The third kappa shape index (κ3) is 7.01. The second-order valence-electron chi connectivity index (χ2n) is 6.20. The number of halogens is 1. The van der Waals surface area contributed by atoms with Crippen LogP contribution in [0.15, 0.2) is 29.3 Å². The van der Waals surface area contributed by atoms with Gasteiger partial charge in [0.15, 0.2) is 0 Å². The number of amides is 2. The molecule has 174 valence electrons. The summed E-state index contributed by atoms with van der Waals surface area (Å²) in [5, 5.41) is 2.16. The summed E-state index contributed by atoms with van der Waals surface area (Å²) in [5.74, 6) is -0.709. The summed E-state index contributed by atoms with van der Waals surface area (Å²) < 4.78 is 55.8. The monoisotopic (exact) mass is 471 g/mol. The minimum atomic E-state index is -4.42. The number of alkyl halides is 1. The molecular weight excluding hydrogens is 449 g/mol. The summed E-state index contributed by atoms with van der Waals surface area (Å²) in [5.41, 5.74) is -0.107. The van der Waals surface area contributed by atoms with Gasteiger partial charge >= 0.3 is 12.0 Å². The minimum Gasteiger partial charge on any atom is -0.481 e. The van der Waals surface area contributed by atoms with E-state index in [1.807, 2.05) is 0 Å². The van der Waals surface area contributed by atoms with Crippen LogP contribution in [0, 0.1) is 0 Å². The molecule has 0 spiro atoms. The van der Waals surface area contributed by atoms with E-state index in [0.717, 1.165) is 0 Å². The smallest absolute Gasteiger partial charge is 0.335 e. The molecule has 32 heavy (non-hydrogen) atoms. The van der Waals surface area contributed by atoms with Gasteiger partial charge in [-0.05, 0) is 18.6 Å². The van der Waals surface area contributed by atoms with E-state index >= 15 is 0 Å². The maximum Gasteiger partial charge on any atom is 0.335 e. The van der Waals surface area contributed by atoms with Crippen LogP contribution >= 0.6 is 0 Å². The van der Waals surface area contributed by atoms with E-state index in [1.165, 1.54) is 45.7 Å². The number of hydrogen-bond acceptors (Lipinski definition) is 10. The van der Waals surface area contributed by atoms with E-state index in [-0.39, 0.29) is 47.6 Å². The van der Waals surface area contributed by atoms with E-state index in [4.69, 9.17) is 9.47 Å². The zero-order valence-corrected chi connectivity index (χ0v) is 18.3. The Hall–Kier alpha value is -3.55. The number of aromatic nitrogens is 3. The lowest BCUT2D eigenvalue weighted by Gasteiger charge is -2.13. The summed E-state index contributed by atoms with van der Waals surface area (Å²) >= 11 is 0. The number of nitrogens with zero attached hydrogens (tertiary/aromatic N) is 3. The lowest BCUT2D eigenvalue weighted by Crippen LogP contribution is -2.35. The summed E-state index contributed by atoms with van der Waals surface area (Å²) in [6, 6.07) is 2.69. The third-order valence-corrected chi connectivity index (χ3v) is 5.40. The van der Waals surface area contributed by atoms with Crippen LogP contribution in [-0.2, 0) is 26.0 Å². The number of carbonyl (C=O) groups is 2. The molecular formula is C18H22FN5O7S. The molecule has 0 aliphatic heterocycles. The standard InChI is InChI=1S/C18H22FN5O7S/c1-29-14-10-15(30-2)22-17(21-14)23-18(26)24-32(27,28)13-5-4-8-20-12(13)9-11(19)6-7-16(25)31-3/h4-5,8,10-11H,6-7,9H2,1-3H3,(H2,21,22,23,24,26)/t11-/m0/s1. The van der Waals surface area contributed by atoms with Gasteiger partial charge in [0.05, 0.1) is 33.1 Å². The van der Waals surface area contributed by atoms with Crippen LogP contribution in [0.1, 0.15) is 18.5 Å². The predicted molar refractivity (Wildman–Crippen MR) is 109 cm³/mol. The van der Waals surface area contributed by atoms with Gasteiger partial charge in [0, 0.05) is 19.0 Å². The van der Waals surface area contributed by atoms with E-state index in [1.54, 1.807) is 4.72 Å². The number of pyridine rings is 1. The molecule has 2 amide bonds. The van der Waals surface area contributed by atoms with Crippen molar-refractivity contribution < 1.29 is 36.6 Å². The largest absolute Gasteiger partial charge is 0.481 e. The lowest BCUT2D eigenvalue weighted by atomic mass is 10.1. The van der Waals surface area contributed by atoms with E-state index in [0.29, 0.717) is 0 Å². The lowest BCUT2D eigenvalue weighted by molar-refractivity contribution is -0.141. The highest BCUT2D eigenvalue weighted by Gasteiger charge is 2.24. The molecule has 2 rings (SSSR count). The first-order valence-corrected chi connectivity index (χ1v) is 10.6. The highest BCUT2D eigenvalue weighted by atomic mass is 32.2. The van der Waals surface area contributed by atoms with E-state index in [9.17, 15) is 22.4 Å². The zero-order valence-electron chi connectivity index (χ0n) is 17.5. The molecule has 2 N–H and O–H groups in total. The van der Waals surface area contributed by atoms with Crippen LogP contribution in [0.25, 0.3) is 0 Å². The van der Waals surface area contributed by atoms with E-state index < -0.39 is 28.2 Å². The molecule has 0 fully saturated rings. The van der Waals surface area contributed by atoms with Gasteiger partial charge in [-0.15, -0.1) is 0 Å². The molecule has 12 nitrogen and oxygen atoms in total. The first-order chi connectivity index (χ1) is 15.2.